The number of hydrogen-bond donors (Lipinski definition) is 0. The molecular formula is C8H8Br2Mg. The number of hydrogen-bond acceptors (Lipinski definition) is 0. The molecule has 0 aliphatic heterocycles. The topological polar surface area (TPSA) is 0 Å². The summed E-state index contributed by atoms with van der Waals surface area (Å²) in [5.74, 6) is 0. The van der Waals surface area contributed by atoms with Crippen LogP contribution in [0.3, 0.4) is 0 Å². The Kier molecular flexibility index (Phi) is 8.50. The van der Waals surface area contributed by atoms with Gasteiger partial charge in [-0.3, -0.25) is 0 Å². The number of halogens is 2. The van der Waals surface area contributed by atoms with Gasteiger partial charge in [0.1, 0.15) is 0 Å². The zero-order valence-electron chi connectivity index (χ0n) is 6.62. The van der Waals surface area contributed by atoms with Crippen molar-refractivity contribution in [2.24, 2.45) is 0 Å². The van der Waals surface area contributed by atoms with Crippen LogP contribution in [0.1, 0.15) is 11.1 Å². The van der Waals surface area contributed by atoms with Crippen LogP contribution in [0.5, 0.6) is 0 Å². The predicted molar refractivity (Wildman–Crippen MR) is 48.2 cm³/mol. The largest absolute Gasteiger partial charge is 2.00 e. The molecule has 56 valence electrons. The van der Waals surface area contributed by atoms with E-state index in [2.05, 4.69) is 35.0 Å². The smallest absolute Gasteiger partial charge is 1.00 e. The van der Waals surface area contributed by atoms with E-state index < -0.39 is 0 Å². The van der Waals surface area contributed by atoms with Gasteiger partial charge in [-0.1, -0.05) is 34.3 Å². The van der Waals surface area contributed by atoms with Gasteiger partial charge in [-0.25, -0.2) is 0 Å². The molecule has 0 radical (unpaired) electrons. The van der Waals surface area contributed by atoms with E-state index in [4.69, 9.17) is 0 Å². The molecule has 3 heteroatoms. The molecule has 0 aliphatic carbocycles. The Morgan fingerprint density at radius 2 is 1.91 bits per heavy atom. The summed E-state index contributed by atoms with van der Waals surface area (Å²) in [5, 5.41) is 0. The second kappa shape index (κ2) is 6.46. The van der Waals surface area contributed by atoms with Gasteiger partial charge in [0.05, 0.1) is 0 Å². The molecule has 0 heterocycles. The van der Waals surface area contributed by atoms with E-state index in [-0.39, 0.29) is 40.0 Å². The van der Waals surface area contributed by atoms with E-state index in [1.165, 1.54) is 15.6 Å². The minimum absolute atomic E-state index is 0. The van der Waals surface area contributed by atoms with Crippen molar-refractivity contribution in [3.05, 3.63) is 33.8 Å². The summed E-state index contributed by atoms with van der Waals surface area (Å²) in [6.07, 6.45) is 0. The molecule has 1 aromatic carbocycles. The van der Waals surface area contributed by atoms with Gasteiger partial charge in [-0.05, 0) is 0 Å². The standard InChI is InChI=1S/C8H8Br.BrH.Mg/c1-6-3-4-7(2)8(9)5-6;;/h4-5H,1-2H3;1H;/q-1;;+2/p-1. The first-order valence-electron chi connectivity index (χ1n) is 2.84. The molecule has 0 unspecified atom stereocenters. The average Bonchev–Trinajstić information content (AvgIpc) is 1.80. The van der Waals surface area contributed by atoms with E-state index in [0.29, 0.717) is 0 Å². The summed E-state index contributed by atoms with van der Waals surface area (Å²) in [7, 11) is 0. The maximum atomic E-state index is 3.43. The number of aryl methyl sites for hydroxylation is 2. The van der Waals surface area contributed by atoms with Crippen LogP contribution in [0, 0.1) is 19.9 Å². The zero-order valence-corrected chi connectivity index (χ0v) is 11.2. The summed E-state index contributed by atoms with van der Waals surface area (Å²) >= 11 is 3.43. The summed E-state index contributed by atoms with van der Waals surface area (Å²) < 4.78 is 1.17. The Balaban J connectivity index is 0. The Bertz CT molecular complexity index is 223. The van der Waals surface area contributed by atoms with Gasteiger partial charge < -0.3 is 17.0 Å². The van der Waals surface area contributed by atoms with Gasteiger partial charge in [0, 0.05) is 0 Å². The first kappa shape index (κ1) is 14.5. The summed E-state index contributed by atoms with van der Waals surface area (Å²) in [6.45, 7) is 4.09. The summed E-state index contributed by atoms with van der Waals surface area (Å²) in [4.78, 5) is 0. The molecule has 0 aliphatic rings. The Labute approximate surface area is 103 Å². The maximum Gasteiger partial charge on any atom is 2.00 e. The Morgan fingerprint density at radius 3 is 2.27 bits per heavy atom. The Morgan fingerprint density at radius 1 is 1.36 bits per heavy atom. The third-order valence-corrected chi connectivity index (χ3v) is 2.09. The van der Waals surface area contributed by atoms with Crippen molar-refractivity contribution in [2.75, 3.05) is 0 Å². The molecule has 1 rings (SSSR count). The van der Waals surface area contributed by atoms with Crippen molar-refractivity contribution >= 4 is 39.0 Å². The normalized spacial score (nSPS) is 7.91. The third kappa shape index (κ3) is 4.50. The van der Waals surface area contributed by atoms with Gasteiger partial charge in [0.25, 0.3) is 0 Å². The fourth-order valence-electron chi connectivity index (χ4n) is 0.637. The maximum absolute atomic E-state index is 3.43. The predicted octanol–water partition coefficient (Wildman–Crippen LogP) is -0.511. The van der Waals surface area contributed by atoms with E-state index in [1.807, 2.05) is 13.0 Å². The van der Waals surface area contributed by atoms with Crippen molar-refractivity contribution in [2.45, 2.75) is 13.8 Å². The summed E-state index contributed by atoms with van der Waals surface area (Å²) in [6, 6.07) is 7.16. The fourth-order valence-corrected chi connectivity index (χ4v) is 1.09. The minimum atomic E-state index is 0. The van der Waals surface area contributed by atoms with E-state index >= 15 is 0 Å². The molecule has 0 aromatic heterocycles. The van der Waals surface area contributed by atoms with Crippen LogP contribution in [0.4, 0.5) is 0 Å². The second-order valence-corrected chi connectivity index (χ2v) is 3.00. The summed E-state index contributed by atoms with van der Waals surface area (Å²) in [5.41, 5.74) is 2.41. The molecule has 0 atom stereocenters. The van der Waals surface area contributed by atoms with Gasteiger partial charge >= 0.3 is 23.1 Å². The quantitative estimate of drug-likeness (QED) is 0.446. The molecule has 0 spiro atoms. The molecular weight excluding hydrogens is 280 g/mol. The van der Waals surface area contributed by atoms with Crippen molar-refractivity contribution in [1.82, 2.24) is 0 Å². The molecule has 0 amide bonds. The molecule has 0 N–H and O–H groups in total. The van der Waals surface area contributed by atoms with Crippen LogP contribution in [-0.4, -0.2) is 23.1 Å². The van der Waals surface area contributed by atoms with Crippen LogP contribution < -0.4 is 17.0 Å². The number of rotatable bonds is 0. The second-order valence-electron chi connectivity index (χ2n) is 2.15. The molecule has 0 nitrogen and oxygen atoms in total. The molecule has 0 bridgehead atoms. The van der Waals surface area contributed by atoms with Crippen molar-refractivity contribution in [1.29, 1.82) is 0 Å². The van der Waals surface area contributed by atoms with Crippen LogP contribution in [0.2, 0.25) is 0 Å². The Hall–Kier alpha value is 0.946. The minimum Gasteiger partial charge on any atom is -1.00 e. The molecule has 0 saturated heterocycles. The van der Waals surface area contributed by atoms with Crippen molar-refractivity contribution in [3.63, 3.8) is 0 Å². The van der Waals surface area contributed by atoms with E-state index in [1.54, 1.807) is 0 Å². The molecule has 11 heavy (non-hydrogen) atoms. The van der Waals surface area contributed by atoms with Crippen LogP contribution >= 0.6 is 15.9 Å². The molecule has 0 fully saturated rings. The van der Waals surface area contributed by atoms with Gasteiger partial charge in [-0.2, -0.15) is 23.8 Å². The van der Waals surface area contributed by atoms with Gasteiger partial charge in [0.15, 0.2) is 0 Å². The van der Waals surface area contributed by atoms with Crippen LogP contribution in [0.15, 0.2) is 16.6 Å². The van der Waals surface area contributed by atoms with E-state index in [9.17, 15) is 0 Å². The first-order chi connectivity index (χ1) is 4.20. The zero-order chi connectivity index (χ0) is 6.85. The van der Waals surface area contributed by atoms with Crippen LogP contribution in [0.25, 0.3) is 0 Å². The number of benzene rings is 1. The van der Waals surface area contributed by atoms with Crippen LogP contribution in [-0.2, 0) is 0 Å². The average molecular weight is 288 g/mol. The van der Waals surface area contributed by atoms with Crippen molar-refractivity contribution in [3.8, 4) is 0 Å². The monoisotopic (exact) mass is 286 g/mol. The fraction of sp³-hybridized carbons (Fsp3) is 0.250. The molecule has 1 aromatic rings. The first-order valence-corrected chi connectivity index (χ1v) is 3.64. The third-order valence-electron chi connectivity index (χ3n) is 1.24. The van der Waals surface area contributed by atoms with E-state index in [0.717, 1.165) is 0 Å². The van der Waals surface area contributed by atoms with Gasteiger partial charge in [-0.15, -0.1) is 5.56 Å². The van der Waals surface area contributed by atoms with Gasteiger partial charge in [0.2, 0.25) is 0 Å². The molecule has 0 saturated carbocycles. The van der Waals surface area contributed by atoms with Crippen molar-refractivity contribution < 1.29 is 17.0 Å². The SMILES string of the molecule is Cc1[c-]cc(C)c(Br)c1.[Br-].[Mg+2].